The van der Waals surface area contributed by atoms with Crippen LogP contribution in [-0.2, 0) is 14.4 Å². The summed E-state index contributed by atoms with van der Waals surface area (Å²) >= 11 is 0. The molecule has 39 heavy (non-hydrogen) atoms. The Kier molecular flexibility index (Phi) is 6.25. The molecule has 6 heteroatoms. The molecule has 5 aliphatic rings. The van der Waals surface area contributed by atoms with Crippen LogP contribution >= 0.6 is 0 Å². The van der Waals surface area contributed by atoms with Gasteiger partial charge >= 0.3 is 0 Å². The van der Waals surface area contributed by atoms with E-state index in [-0.39, 0.29) is 70.2 Å². The van der Waals surface area contributed by atoms with Gasteiger partial charge in [-0.3, -0.25) is 14.4 Å². The molecule has 0 heterocycles. The summed E-state index contributed by atoms with van der Waals surface area (Å²) < 4.78 is 0. The van der Waals surface area contributed by atoms with Gasteiger partial charge in [-0.05, 0) is 79.1 Å². The normalized spacial score (nSPS) is 43.9. The largest absolute Gasteiger partial charge is 0.395 e. The first-order valence-electron chi connectivity index (χ1n) is 14.9. The van der Waals surface area contributed by atoms with Crippen molar-refractivity contribution in [3.8, 4) is 6.07 Å². The number of hydrogen-bond acceptors (Lipinski definition) is 5. The van der Waals surface area contributed by atoms with E-state index < -0.39 is 16.2 Å². The van der Waals surface area contributed by atoms with Crippen molar-refractivity contribution >= 4 is 17.5 Å². The van der Waals surface area contributed by atoms with Crippen LogP contribution in [0.2, 0.25) is 0 Å². The number of Topliss-reactive ketones (excluding diaryl/α,β-unsaturated/α-hetero) is 1. The molecule has 1 amide bonds. The summed E-state index contributed by atoms with van der Waals surface area (Å²) in [7, 11) is 0. The molecule has 0 bridgehead atoms. The van der Waals surface area contributed by atoms with Crippen LogP contribution in [0.3, 0.4) is 0 Å². The topological polar surface area (TPSA) is 107 Å². The van der Waals surface area contributed by atoms with E-state index in [9.17, 15) is 24.8 Å². The van der Waals surface area contributed by atoms with Crippen LogP contribution < -0.4 is 5.32 Å². The molecule has 1 unspecified atom stereocenters. The van der Waals surface area contributed by atoms with Crippen molar-refractivity contribution in [1.82, 2.24) is 5.32 Å². The van der Waals surface area contributed by atoms with Crippen molar-refractivity contribution in [3.63, 3.8) is 0 Å². The van der Waals surface area contributed by atoms with E-state index in [2.05, 4.69) is 46.0 Å². The molecular formula is C33H46N2O4. The first-order chi connectivity index (χ1) is 18.0. The lowest BCUT2D eigenvalue weighted by Crippen LogP contribution is -2.66. The third-order valence-electron chi connectivity index (χ3n) is 12.7. The fourth-order valence-corrected chi connectivity index (χ4v) is 10.4. The van der Waals surface area contributed by atoms with Crippen LogP contribution in [0.1, 0.15) is 93.4 Å². The van der Waals surface area contributed by atoms with Crippen LogP contribution in [0.5, 0.6) is 0 Å². The van der Waals surface area contributed by atoms with Crippen molar-refractivity contribution in [2.75, 3.05) is 13.2 Å². The Hall–Kier alpha value is -2.26. The average molecular weight is 535 g/mol. The number of nitrogens with one attached hydrogen (secondary N) is 1. The standard InChI is InChI=1S/C33H46N2O4/c1-28(2)10-12-33(27(39)35-14-15-36)13-11-32(7)25(21(33)18-28)22(37)16-24-30(5)17-20(19-34)26(38)29(3,4)23(30)8-9-31(24,32)6/h16-17,21,23,25,36H,8-15,18H2,1-7H3,(H,35,39)/t21-,23+,25?,30+,31-,32-,33+/m1/s1. The van der Waals surface area contributed by atoms with Crippen LogP contribution in [-0.4, -0.2) is 35.7 Å². The molecule has 5 aliphatic carbocycles. The molecule has 0 aromatic heterocycles. The van der Waals surface area contributed by atoms with Crippen molar-refractivity contribution in [1.29, 1.82) is 5.26 Å². The number of nitrogens with zero attached hydrogens (tertiary/aromatic N) is 1. The number of carbonyl (C=O) groups is 3. The summed E-state index contributed by atoms with van der Waals surface area (Å²) in [6, 6.07) is 2.17. The summed E-state index contributed by atoms with van der Waals surface area (Å²) in [5.74, 6) is -0.309. The summed E-state index contributed by atoms with van der Waals surface area (Å²) in [4.78, 5) is 41.5. The second kappa shape index (κ2) is 8.62. The molecule has 5 rings (SSSR count). The molecule has 0 spiro atoms. The number of rotatable bonds is 3. The second-order valence-electron chi connectivity index (χ2n) is 15.4. The van der Waals surface area contributed by atoms with E-state index >= 15 is 0 Å². The number of hydrogen-bond donors (Lipinski definition) is 2. The van der Waals surface area contributed by atoms with Crippen molar-refractivity contribution < 1.29 is 19.5 Å². The van der Waals surface area contributed by atoms with Gasteiger partial charge in [-0.2, -0.15) is 5.26 Å². The zero-order valence-corrected chi connectivity index (χ0v) is 24.9. The van der Waals surface area contributed by atoms with Gasteiger partial charge in [0.1, 0.15) is 6.07 Å². The van der Waals surface area contributed by atoms with E-state index in [0.717, 1.165) is 50.5 Å². The third kappa shape index (κ3) is 3.57. The molecule has 6 nitrogen and oxygen atoms in total. The number of nitriles is 1. The predicted octanol–water partition coefficient (Wildman–Crippen LogP) is 5.31. The first-order valence-corrected chi connectivity index (χ1v) is 14.9. The minimum absolute atomic E-state index is 0.00311. The van der Waals surface area contributed by atoms with Crippen molar-refractivity contribution in [2.24, 2.45) is 50.2 Å². The minimum atomic E-state index is -0.683. The molecule has 0 aliphatic heterocycles. The smallest absolute Gasteiger partial charge is 0.226 e. The SMILES string of the molecule is CC1(C)CC[C@]2(C(=O)NCCO)CC[C@]3(C)C(C(=O)C=C4[C@@]5(C)C=C(C#N)C(=O)C(C)(C)[C@@H]5CC[C@]43C)[C@H]2C1. The molecule has 0 saturated heterocycles. The number of amides is 1. The third-order valence-corrected chi connectivity index (χ3v) is 12.7. The fourth-order valence-electron chi connectivity index (χ4n) is 10.4. The molecule has 0 aromatic carbocycles. The van der Waals surface area contributed by atoms with Crippen LogP contribution in [0.15, 0.2) is 23.3 Å². The van der Waals surface area contributed by atoms with Gasteiger partial charge in [0.15, 0.2) is 11.6 Å². The molecule has 3 saturated carbocycles. The summed E-state index contributed by atoms with van der Waals surface area (Å²) in [5.41, 5.74) is -1.14. The summed E-state index contributed by atoms with van der Waals surface area (Å²) in [6.45, 7) is 15.3. The molecule has 212 valence electrons. The Labute approximate surface area is 233 Å². The molecule has 0 aromatic rings. The van der Waals surface area contributed by atoms with E-state index in [0.29, 0.717) is 0 Å². The number of fused-ring (bicyclic) bond motifs is 7. The highest BCUT2D eigenvalue weighted by molar-refractivity contribution is 6.04. The molecule has 0 radical (unpaired) electrons. The maximum Gasteiger partial charge on any atom is 0.226 e. The highest BCUT2D eigenvalue weighted by atomic mass is 16.3. The lowest BCUT2D eigenvalue weighted by atomic mass is 9.34. The van der Waals surface area contributed by atoms with Gasteiger partial charge in [0.25, 0.3) is 0 Å². The maximum atomic E-state index is 14.5. The highest BCUT2D eigenvalue weighted by Gasteiger charge is 2.70. The number of aliphatic hydroxyl groups is 1. The Morgan fingerprint density at radius 2 is 1.72 bits per heavy atom. The molecule has 3 fully saturated rings. The zero-order chi connectivity index (χ0) is 28.8. The summed E-state index contributed by atoms with van der Waals surface area (Å²) in [5, 5.41) is 22.3. The van der Waals surface area contributed by atoms with Crippen molar-refractivity contribution in [2.45, 2.75) is 93.4 Å². The Balaban J connectivity index is 1.67. The number of aliphatic hydroxyl groups excluding tert-OH is 1. The first kappa shape index (κ1) is 28.3. The number of ketones is 2. The highest BCUT2D eigenvalue weighted by Crippen LogP contribution is 2.74. The average Bonchev–Trinajstić information content (AvgIpc) is 2.86. The van der Waals surface area contributed by atoms with Gasteiger partial charge in [0.2, 0.25) is 5.91 Å². The van der Waals surface area contributed by atoms with Gasteiger partial charge in [-0.25, -0.2) is 0 Å². The molecular weight excluding hydrogens is 488 g/mol. The van der Waals surface area contributed by atoms with E-state index in [1.165, 1.54) is 0 Å². The Morgan fingerprint density at radius 3 is 2.36 bits per heavy atom. The van der Waals surface area contributed by atoms with E-state index in [1.807, 2.05) is 26.0 Å². The van der Waals surface area contributed by atoms with E-state index in [4.69, 9.17) is 0 Å². The quantitative estimate of drug-likeness (QED) is 0.510. The predicted molar refractivity (Wildman–Crippen MR) is 149 cm³/mol. The fraction of sp³-hybridized carbons (Fsp3) is 0.758. The molecule has 2 N–H and O–H groups in total. The number of carbonyl (C=O) groups excluding carboxylic acids is 3. The van der Waals surface area contributed by atoms with Gasteiger partial charge in [0.05, 0.1) is 17.6 Å². The monoisotopic (exact) mass is 534 g/mol. The minimum Gasteiger partial charge on any atom is -0.395 e. The second-order valence-corrected chi connectivity index (χ2v) is 15.4. The van der Waals surface area contributed by atoms with E-state index in [1.54, 1.807) is 0 Å². The Morgan fingerprint density at radius 1 is 1.05 bits per heavy atom. The van der Waals surface area contributed by atoms with Crippen LogP contribution in [0.25, 0.3) is 0 Å². The van der Waals surface area contributed by atoms with Crippen LogP contribution in [0.4, 0.5) is 0 Å². The molecule has 7 atom stereocenters. The van der Waals surface area contributed by atoms with Gasteiger partial charge in [-0.15, -0.1) is 0 Å². The maximum absolute atomic E-state index is 14.5. The van der Waals surface area contributed by atoms with Gasteiger partial charge in [-0.1, -0.05) is 60.1 Å². The lowest BCUT2D eigenvalue weighted by Gasteiger charge is -2.69. The lowest BCUT2D eigenvalue weighted by molar-refractivity contribution is -0.178. The zero-order valence-electron chi connectivity index (χ0n) is 24.9. The van der Waals surface area contributed by atoms with Crippen molar-refractivity contribution in [3.05, 3.63) is 23.3 Å². The van der Waals surface area contributed by atoms with Gasteiger partial charge < -0.3 is 10.4 Å². The van der Waals surface area contributed by atoms with Crippen LogP contribution in [0, 0.1) is 61.6 Å². The summed E-state index contributed by atoms with van der Waals surface area (Å²) in [6.07, 6.45) is 9.54. The van der Waals surface area contributed by atoms with Gasteiger partial charge in [0, 0.05) is 23.3 Å². The Bertz CT molecular complexity index is 1240. The number of allylic oxidation sites excluding steroid dienone is 4.